The molecule has 1 heterocycles. The van der Waals surface area contributed by atoms with E-state index in [9.17, 15) is 4.79 Å². The Kier molecular flexibility index (Phi) is 2.83. The molecule has 5 nitrogen and oxygen atoms in total. The van der Waals surface area contributed by atoms with E-state index in [-0.39, 0.29) is 0 Å². The monoisotopic (exact) mass is 235 g/mol. The molecule has 5 heteroatoms. The molecule has 0 aliphatic heterocycles. The molecule has 0 spiro atoms. The first-order chi connectivity index (χ1) is 7.97. The van der Waals surface area contributed by atoms with E-state index in [0.29, 0.717) is 28.7 Å². The summed E-state index contributed by atoms with van der Waals surface area (Å²) in [5.41, 5.74) is 8.43. The molecule has 1 aromatic carbocycles. The van der Waals surface area contributed by atoms with Gasteiger partial charge in [-0.15, -0.1) is 0 Å². The van der Waals surface area contributed by atoms with E-state index >= 15 is 0 Å². The number of rotatable bonds is 3. The van der Waals surface area contributed by atoms with Crippen LogP contribution in [0.5, 0.6) is 0 Å². The summed E-state index contributed by atoms with van der Waals surface area (Å²) in [6.07, 6.45) is 0. The van der Waals surface area contributed by atoms with Crippen molar-refractivity contribution in [3.8, 4) is 0 Å². The fourth-order valence-corrected chi connectivity index (χ4v) is 1.55. The molecule has 0 aliphatic rings. The van der Waals surface area contributed by atoms with Gasteiger partial charge in [0.25, 0.3) is 0 Å². The summed E-state index contributed by atoms with van der Waals surface area (Å²) in [5, 5.41) is 3.32. The first-order valence-electron chi connectivity index (χ1n) is 5.66. The molecular formula is C12H17N3O2. The predicted octanol–water partition coefficient (Wildman–Crippen LogP) is 2.16. The predicted molar refractivity (Wildman–Crippen MR) is 69.2 cm³/mol. The zero-order valence-electron chi connectivity index (χ0n) is 10.2. The number of nitrogens with two attached hydrogens (primary N) is 1. The van der Waals surface area contributed by atoms with Crippen LogP contribution in [0.2, 0.25) is 0 Å². The Morgan fingerprint density at radius 3 is 2.71 bits per heavy atom. The van der Waals surface area contributed by atoms with Gasteiger partial charge in [-0.2, -0.15) is 0 Å². The molecule has 0 saturated carbocycles. The topological polar surface area (TPSA) is 84.0 Å². The molecule has 1 aromatic heterocycles. The van der Waals surface area contributed by atoms with Crippen LogP contribution in [0.15, 0.2) is 21.3 Å². The molecule has 4 N–H and O–H groups in total. The summed E-state index contributed by atoms with van der Waals surface area (Å²) in [4.78, 5) is 13.7. The molecule has 2 aromatic rings. The lowest BCUT2D eigenvalue weighted by Gasteiger charge is -2.19. The average molecular weight is 235 g/mol. The van der Waals surface area contributed by atoms with E-state index < -0.39 is 5.76 Å². The number of H-pyrrole nitrogens is 1. The summed E-state index contributed by atoms with van der Waals surface area (Å²) in [6.45, 7) is 6.35. The normalized spacial score (nSPS) is 13.2. The SMILES string of the molecule is CC(C)C(C)Nc1cc2[nH]c(=O)oc2cc1N. The van der Waals surface area contributed by atoms with Crippen LogP contribution in [0, 0.1) is 5.92 Å². The Labute approximate surface area is 99.0 Å². The Hall–Kier alpha value is -1.91. The second kappa shape index (κ2) is 4.16. The van der Waals surface area contributed by atoms with Crippen LogP contribution in [-0.4, -0.2) is 11.0 Å². The Morgan fingerprint density at radius 1 is 1.35 bits per heavy atom. The zero-order valence-corrected chi connectivity index (χ0v) is 10.2. The Bertz CT molecular complexity index is 583. The summed E-state index contributed by atoms with van der Waals surface area (Å²) in [5.74, 6) is 0.0296. The highest BCUT2D eigenvalue weighted by Gasteiger charge is 2.11. The van der Waals surface area contributed by atoms with Crippen molar-refractivity contribution >= 4 is 22.5 Å². The number of anilines is 2. The highest BCUT2D eigenvalue weighted by molar-refractivity contribution is 5.85. The lowest BCUT2D eigenvalue weighted by atomic mass is 10.1. The van der Waals surface area contributed by atoms with Crippen molar-refractivity contribution < 1.29 is 4.42 Å². The molecule has 0 radical (unpaired) electrons. The number of oxazole rings is 1. The number of aromatic amines is 1. The molecule has 0 fully saturated rings. The molecular weight excluding hydrogens is 218 g/mol. The van der Waals surface area contributed by atoms with Gasteiger partial charge in [0.05, 0.1) is 16.9 Å². The molecule has 0 bridgehead atoms. The molecule has 2 rings (SSSR count). The van der Waals surface area contributed by atoms with E-state index in [0.717, 1.165) is 5.69 Å². The molecule has 0 saturated heterocycles. The number of fused-ring (bicyclic) bond motifs is 1. The van der Waals surface area contributed by atoms with E-state index in [1.807, 2.05) is 0 Å². The van der Waals surface area contributed by atoms with E-state index in [1.54, 1.807) is 12.1 Å². The van der Waals surface area contributed by atoms with Crippen LogP contribution in [0.1, 0.15) is 20.8 Å². The first kappa shape index (κ1) is 11.6. The van der Waals surface area contributed by atoms with Gasteiger partial charge in [-0.25, -0.2) is 4.79 Å². The third kappa shape index (κ3) is 2.27. The molecule has 1 atom stereocenters. The van der Waals surface area contributed by atoms with Gasteiger partial charge in [-0.05, 0) is 18.9 Å². The summed E-state index contributed by atoms with van der Waals surface area (Å²) in [6, 6.07) is 3.75. The second-order valence-corrected chi connectivity index (χ2v) is 4.63. The van der Waals surface area contributed by atoms with Crippen molar-refractivity contribution in [2.24, 2.45) is 5.92 Å². The van der Waals surface area contributed by atoms with E-state index in [2.05, 4.69) is 31.1 Å². The van der Waals surface area contributed by atoms with Crippen molar-refractivity contribution in [2.45, 2.75) is 26.8 Å². The van der Waals surface area contributed by atoms with Gasteiger partial charge >= 0.3 is 5.76 Å². The van der Waals surface area contributed by atoms with Gasteiger partial charge in [-0.3, -0.25) is 4.98 Å². The fourth-order valence-electron chi connectivity index (χ4n) is 1.55. The van der Waals surface area contributed by atoms with Gasteiger partial charge in [0.15, 0.2) is 5.58 Å². The van der Waals surface area contributed by atoms with E-state index in [4.69, 9.17) is 10.2 Å². The summed E-state index contributed by atoms with van der Waals surface area (Å²) in [7, 11) is 0. The van der Waals surface area contributed by atoms with Crippen molar-refractivity contribution in [1.29, 1.82) is 0 Å². The maximum absolute atomic E-state index is 11.1. The number of nitrogen functional groups attached to an aromatic ring is 1. The Balaban J connectivity index is 2.40. The minimum absolute atomic E-state index is 0.299. The highest BCUT2D eigenvalue weighted by Crippen LogP contribution is 2.25. The molecule has 0 aliphatic carbocycles. The van der Waals surface area contributed by atoms with Crippen LogP contribution in [0.3, 0.4) is 0 Å². The maximum atomic E-state index is 11.1. The largest absolute Gasteiger partial charge is 0.417 e. The second-order valence-electron chi connectivity index (χ2n) is 4.63. The maximum Gasteiger partial charge on any atom is 0.417 e. The van der Waals surface area contributed by atoms with Gasteiger partial charge in [-0.1, -0.05) is 13.8 Å². The van der Waals surface area contributed by atoms with Crippen molar-refractivity contribution in [3.63, 3.8) is 0 Å². The lowest BCUT2D eigenvalue weighted by molar-refractivity contribution is 0.555. The summed E-state index contributed by atoms with van der Waals surface area (Å²) >= 11 is 0. The van der Waals surface area contributed by atoms with Gasteiger partial charge in [0.1, 0.15) is 0 Å². The zero-order chi connectivity index (χ0) is 12.6. The number of benzene rings is 1. The molecule has 1 unspecified atom stereocenters. The summed E-state index contributed by atoms with van der Waals surface area (Å²) < 4.78 is 4.94. The number of hydrogen-bond acceptors (Lipinski definition) is 4. The first-order valence-corrected chi connectivity index (χ1v) is 5.66. The number of hydrogen-bond donors (Lipinski definition) is 3. The van der Waals surface area contributed by atoms with Crippen molar-refractivity contribution in [1.82, 2.24) is 4.98 Å². The molecule has 0 amide bonds. The third-order valence-corrected chi connectivity index (χ3v) is 2.97. The third-order valence-electron chi connectivity index (χ3n) is 2.97. The smallest absolute Gasteiger partial charge is 0.408 e. The number of aromatic nitrogens is 1. The lowest BCUT2D eigenvalue weighted by Crippen LogP contribution is -2.22. The Morgan fingerprint density at radius 2 is 2.06 bits per heavy atom. The minimum Gasteiger partial charge on any atom is -0.408 e. The van der Waals surface area contributed by atoms with Crippen LogP contribution >= 0.6 is 0 Å². The standard InChI is InChI=1S/C12H17N3O2/c1-6(2)7(3)14-9-5-10-11(4-8(9)13)17-12(16)15-10/h4-7,14H,13H2,1-3H3,(H,15,16). The quantitative estimate of drug-likeness (QED) is 0.712. The molecule has 92 valence electrons. The van der Waals surface area contributed by atoms with Crippen LogP contribution in [0.4, 0.5) is 11.4 Å². The average Bonchev–Trinajstić information content (AvgIpc) is 2.57. The van der Waals surface area contributed by atoms with Crippen LogP contribution < -0.4 is 16.8 Å². The van der Waals surface area contributed by atoms with Gasteiger partial charge in [0.2, 0.25) is 0 Å². The van der Waals surface area contributed by atoms with Crippen molar-refractivity contribution in [3.05, 3.63) is 22.7 Å². The van der Waals surface area contributed by atoms with Gasteiger partial charge < -0.3 is 15.5 Å². The fraction of sp³-hybridized carbons (Fsp3) is 0.417. The molecule has 17 heavy (non-hydrogen) atoms. The van der Waals surface area contributed by atoms with Crippen LogP contribution in [-0.2, 0) is 0 Å². The minimum atomic E-state index is -0.464. The van der Waals surface area contributed by atoms with Gasteiger partial charge in [0, 0.05) is 12.1 Å². The number of nitrogens with one attached hydrogen (secondary N) is 2. The van der Waals surface area contributed by atoms with E-state index in [1.165, 1.54) is 0 Å². The van der Waals surface area contributed by atoms with Crippen molar-refractivity contribution in [2.75, 3.05) is 11.1 Å². The van der Waals surface area contributed by atoms with Crippen LogP contribution in [0.25, 0.3) is 11.1 Å². The highest BCUT2D eigenvalue weighted by atomic mass is 16.4.